The van der Waals surface area contributed by atoms with Gasteiger partial charge in [0.2, 0.25) is 5.91 Å². The normalized spacial score (nSPS) is 10.0. The molecule has 0 atom stereocenters. The van der Waals surface area contributed by atoms with Gasteiger partial charge in [0.1, 0.15) is 0 Å². The van der Waals surface area contributed by atoms with E-state index >= 15 is 0 Å². The van der Waals surface area contributed by atoms with Gasteiger partial charge in [-0.3, -0.25) is 14.9 Å². The maximum Gasteiger partial charge on any atom is 0.273 e. The first-order valence-corrected chi connectivity index (χ1v) is 5.60. The van der Waals surface area contributed by atoms with E-state index in [2.05, 4.69) is 0 Å². The van der Waals surface area contributed by atoms with E-state index in [-0.39, 0.29) is 18.0 Å². The zero-order chi connectivity index (χ0) is 12.8. The van der Waals surface area contributed by atoms with E-state index in [0.29, 0.717) is 18.7 Å². The Morgan fingerprint density at radius 2 is 1.88 bits per heavy atom. The standard InChI is InChI=1S/C12H16N2O3/c1-3-13(4-2)12(15)9-10-7-5-6-8-11(10)14(16)17/h5-8H,3-4,9H2,1-2H3. The highest BCUT2D eigenvalue weighted by atomic mass is 16.6. The minimum Gasteiger partial charge on any atom is -0.343 e. The van der Waals surface area contributed by atoms with Crippen molar-refractivity contribution < 1.29 is 9.72 Å². The first kappa shape index (κ1) is 13.2. The molecule has 1 amide bonds. The number of nitro groups is 1. The lowest BCUT2D eigenvalue weighted by Crippen LogP contribution is -2.31. The molecule has 0 saturated heterocycles. The van der Waals surface area contributed by atoms with E-state index in [1.807, 2.05) is 13.8 Å². The van der Waals surface area contributed by atoms with Crippen LogP contribution in [0, 0.1) is 10.1 Å². The average molecular weight is 236 g/mol. The molecule has 0 aliphatic rings. The number of nitrogens with zero attached hydrogens (tertiary/aromatic N) is 2. The molecule has 1 rings (SSSR count). The van der Waals surface area contributed by atoms with Crippen LogP contribution in [-0.2, 0) is 11.2 Å². The third-order valence-corrected chi connectivity index (χ3v) is 2.65. The summed E-state index contributed by atoms with van der Waals surface area (Å²) in [5.74, 6) is -0.0794. The molecule has 0 heterocycles. The highest BCUT2D eigenvalue weighted by Gasteiger charge is 2.17. The fraction of sp³-hybridized carbons (Fsp3) is 0.417. The molecule has 0 N–H and O–H groups in total. The van der Waals surface area contributed by atoms with Gasteiger partial charge in [-0.25, -0.2) is 0 Å². The van der Waals surface area contributed by atoms with E-state index in [9.17, 15) is 14.9 Å². The van der Waals surface area contributed by atoms with E-state index in [4.69, 9.17) is 0 Å². The van der Waals surface area contributed by atoms with Gasteiger partial charge < -0.3 is 4.90 Å². The molecule has 0 saturated carbocycles. The molecule has 0 radical (unpaired) electrons. The second kappa shape index (κ2) is 5.98. The summed E-state index contributed by atoms with van der Waals surface area (Å²) >= 11 is 0. The highest BCUT2D eigenvalue weighted by Crippen LogP contribution is 2.18. The summed E-state index contributed by atoms with van der Waals surface area (Å²) in [6.07, 6.45) is 0.0822. The van der Waals surface area contributed by atoms with Crippen LogP contribution in [0.2, 0.25) is 0 Å². The molecule has 5 nitrogen and oxygen atoms in total. The van der Waals surface area contributed by atoms with Crippen molar-refractivity contribution in [3.05, 3.63) is 39.9 Å². The number of likely N-dealkylation sites (N-methyl/N-ethyl adjacent to an activating group) is 1. The number of hydrogen-bond donors (Lipinski definition) is 0. The monoisotopic (exact) mass is 236 g/mol. The predicted octanol–water partition coefficient (Wildman–Crippen LogP) is 2.01. The smallest absolute Gasteiger partial charge is 0.273 e. The van der Waals surface area contributed by atoms with Crippen LogP contribution in [0.3, 0.4) is 0 Å². The Hall–Kier alpha value is -1.91. The van der Waals surface area contributed by atoms with Crippen molar-refractivity contribution in [2.45, 2.75) is 20.3 Å². The molecule has 0 unspecified atom stereocenters. The molecule has 17 heavy (non-hydrogen) atoms. The van der Waals surface area contributed by atoms with E-state index in [0.717, 1.165) is 0 Å². The number of rotatable bonds is 5. The van der Waals surface area contributed by atoms with Crippen LogP contribution in [0.4, 0.5) is 5.69 Å². The zero-order valence-electron chi connectivity index (χ0n) is 10.0. The Balaban J connectivity index is 2.88. The Bertz CT molecular complexity index is 414. The number of carbonyl (C=O) groups excluding carboxylic acids is 1. The molecule has 5 heteroatoms. The quantitative estimate of drug-likeness (QED) is 0.580. The van der Waals surface area contributed by atoms with Crippen LogP contribution < -0.4 is 0 Å². The van der Waals surface area contributed by atoms with E-state index in [1.165, 1.54) is 6.07 Å². The van der Waals surface area contributed by atoms with E-state index in [1.54, 1.807) is 23.1 Å². The highest BCUT2D eigenvalue weighted by molar-refractivity contribution is 5.79. The first-order valence-electron chi connectivity index (χ1n) is 5.60. The average Bonchev–Trinajstić information content (AvgIpc) is 2.31. The number of carbonyl (C=O) groups is 1. The van der Waals surface area contributed by atoms with Crippen molar-refractivity contribution in [3.8, 4) is 0 Å². The third-order valence-electron chi connectivity index (χ3n) is 2.65. The van der Waals surface area contributed by atoms with Gasteiger partial charge in [0.25, 0.3) is 5.69 Å². The summed E-state index contributed by atoms with van der Waals surface area (Å²) in [4.78, 5) is 23.9. The fourth-order valence-corrected chi connectivity index (χ4v) is 1.69. The molecule has 0 bridgehead atoms. The van der Waals surface area contributed by atoms with Crippen LogP contribution in [0.5, 0.6) is 0 Å². The van der Waals surface area contributed by atoms with Gasteiger partial charge in [-0.2, -0.15) is 0 Å². The van der Waals surface area contributed by atoms with Crippen LogP contribution in [-0.4, -0.2) is 28.8 Å². The molecule has 0 aliphatic heterocycles. The number of hydrogen-bond acceptors (Lipinski definition) is 3. The summed E-state index contributed by atoms with van der Waals surface area (Å²) in [6.45, 7) is 5.02. The molecule has 1 aromatic rings. The summed E-state index contributed by atoms with van der Waals surface area (Å²) in [5, 5.41) is 10.8. The molecular weight excluding hydrogens is 220 g/mol. The summed E-state index contributed by atoms with van der Waals surface area (Å²) < 4.78 is 0. The van der Waals surface area contributed by atoms with Gasteiger partial charge in [0.15, 0.2) is 0 Å². The SMILES string of the molecule is CCN(CC)C(=O)Cc1ccccc1[N+](=O)[O-]. The van der Waals surface area contributed by atoms with E-state index < -0.39 is 4.92 Å². The second-order valence-corrected chi connectivity index (χ2v) is 3.63. The summed E-state index contributed by atoms with van der Waals surface area (Å²) in [5.41, 5.74) is 0.474. The lowest BCUT2D eigenvalue weighted by atomic mass is 10.1. The van der Waals surface area contributed by atoms with Crippen LogP contribution in [0.1, 0.15) is 19.4 Å². The molecule has 0 aliphatic carbocycles. The van der Waals surface area contributed by atoms with Crippen molar-refractivity contribution in [2.75, 3.05) is 13.1 Å². The lowest BCUT2D eigenvalue weighted by molar-refractivity contribution is -0.385. The lowest BCUT2D eigenvalue weighted by Gasteiger charge is -2.18. The van der Waals surface area contributed by atoms with Crippen molar-refractivity contribution in [1.82, 2.24) is 4.90 Å². The number of para-hydroxylation sites is 1. The molecule has 92 valence electrons. The van der Waals surface area contributed by atoms with Gasteiger partial charge in [0.05, 0.1) is 11.3 Å². The number of nitro benzene ring substituents is 1. The van der Waals surface area contributed by atoms with Gasteiger partial charge in [-0.15, -0.1) is 0 Å². The zero-order valence-corrected chi connectivity index (χ0v) is 10.0. The minimum absolute atomic E-state index is 0.00741. The molecular formula is C12H16N2O3. The molecule has 0 fully saturated rings. The molecule has 1 aromatic carbocycles. The summed E-state index contributed by atoms with van der Waals surface area (Å²) in [6, 6.07) is 6.35. The van der Waals surface area contributed by atoms with Gasteiger partial charge in [-0.05, 0) is 13.8 Å². The minimum atomic E-state index is -0.454. The fourth-order valence-electron chi connectivity index (χ4n) is 1.69. The Morgan fingerprint density at radius 1 is 1.29 bits per heavy atom. The third kappa shape index (κ3) is 3.27. The van der Waals surface area contributed by atoms with Crippen molar-refractivity contribution in [3.63, 3.8) is 0 Å². The Labute approximate surface area is 100 Å². The summed E-state index contributed by atoms with van der Waals surface area (Å²) in [7, 11) is 0. The largest absolute Gasteiger partial charge is 0.343 e. The number of benzene rings is 1. The van der Waals surface area contributed by atoms with Crippen LogP contribution in [0.15, 0.2) is 24.3 Å². The predicted molar refractivity (Wildman–Crippen MR) is 64.7 cm³/mol. The van der Waals surface area contributed by atoms with Crippen molar-refractivity contribution >= 4 is 11.6 Å². The van der Waals surface area contributed by atoms with Gasteiger partial charge in [-0.1, -0.05) is 18.2 Å². The van der Waals surface area contributed by atoms with Crippen LogP contribution in [0.25, 0.3) is 0 Å². The van der Waals surface area contributed by atoms with Crippen molar-refractivity contribution in [1.29, 1.82) is 0 Å². The van der Waals surface area contributed by atoms with Crippen LogP contribution >= 0.6 is 0 Å². The molecule has 0 spiro atoms. The Kier molecular flexibility index (Phi) is 4.63. The number of amides is 1. The maximum absolute atomic E-state index is 11.9. The molecule has 0 aromatic heterocycles. The van der Waals surface area contributed by atoms with Crippen molar-refractivity contribution in [2.24, 2.45) is 0 Å². The first-order chi connectivity index (χ1) is 8.10. The van der Waals surface area contributed by atoms with Gasteiger partial charge in [0, 0.05) is 24.7 Å². The second-order valence-electron chi connectivity index (χ2n) is 3.63. The topological polar surface area (TPSA) is 63.5 Å². The Morgan fingerprint density at radius 3 is 2.41 bits per heavy atom. The maximum atomic E-state index is 11.9. The van der Waals surface area contributed by atoms with Gasteiger partial charge >= 0.3 is 0 Å².